The third-order valence-electron chi connectivity index (χ3n) is 5.17. The Labute approximate surface area is 138 Å². The van der Waals surface area contributed by atoms with E-state index in [1.165, 1.54) is 18.4 Å². The molecule has 1 aliphatic carbocycles. The van der Waals surface area contributed by atoms with Gasteiger partial charge in [0, 0.05) is 44.5 Å². The van der Waals surface area contributed by atoms with Gasteiger partial charge < -0.3 is 0 Å². The molecule has 3 heterocycles. The van der Waals surface area contributed by atoms with Gasteiger partial charge >= 0.3 is 0 Å². The van der Waals surface area contributed by atoms with E-state index in [4.69, 9.17) is 0 Å². The molecule has 3 aliphatic rings. The van der Waals surface area contributed by atoms with Crippen molar-refractivity contribution < 1.29 is 8.42 Å². The lowest BCUT2D eigenvalue weighted by Gasteiger charge is -2.39. The fraction of sp³-hybridized carbons (Fsp3) is 0.750. The summed E-state index contributed by atoms with van der Waals surface area (Å²) in [7, 11) is -3.29. The number of hydrogen-bond donors (Lipinski definition) is 0. The largest absolute Gasteiger partial charge is 0.282 e. The van der Waals surface area contributed by atoms with Crippen LogP contribution in [-0.2, 0) is 10.2 Å². The fourth-order valence-corrected chi connectivity index (χ4v) is 5.19. The fourth-order valence-electron chi connectivity index (χ4n) is 3.41. The molecule has 23 heavy (non-hydrogen) atoms. The van der Waals surface area contributed by atoms with Crippen LogP contribution in [-0.4, -0.2) is 53.2 Å². The van der Waals surface area contributed by atoms with Gasteiger partial charge in [-0.05, 0) is 37.2 Å². The molecule has 0 unspecified atom stereocenters. The van der Waals surface area contributed by atoms with Crippen molar-refractivity contribution in [3.8, 4) is 0 Å². The number of aromatic nitrogens is 2. The second-order valence-electron chi connectivity index (χ2n) is 6.98. The molecular formula is C16H24N4O2S. The summed E-state index contributed by atoms with van der Waals surface area (Å²) in [6.07, 6.45) is 10.6. The maximum Gasteiger partial charge on any atom is 0.282 e. The van der Waals surface area contributed by atoms with Crippen LogP contribution in [0.1, 0.15) is 61.7 Å². The Morgan fingerprint density at radius 2 is 1.48 bits per heavy atom. The lowest BCUT2D eigenvalue weighted by molar-refractivity contribution is 0.232. The van der Waals surface area contributed by atoms with Crippen LogP contribution in [0.5, 0.6) is 0 Å². The summed E-state index contributed by atoms with van der Waals surface area (Å²) in [6, 6.07) is 0. The molecule has 0 bridgehead atoms. The minimum absolute atomic E-state index is 0.144. The smallest absolute Gasteiger partial charge is 0.241 e. The maximum atomic E-state index is 12.7. The van der Waals surface area contributed by atoms with Crippen molar-refractivity contribution in [3.05, 3.63) is 23.8 Å². The van der Waals surface area contributed by atoms with Gasteiger partial charge in [-0.2, -0.15) is 17.0 Å². The van der Waals surface area contributed by atoms with Crippen LogP contribution in [0.4, 0.5) is 0 Å². The summed E-state index contributed by atoms with van der Waals surface area (Å²) in [5.41, 5.74) is 1.22. The van der Waals surface area contributed by atoms with E-state index < -0.39 is 10.2 Å². The normalized spacial score (nSPS) is 25.0. The molecule has 126 valence electrons. The van der Waals surface area contributed by atoms with Gasteiger partial charge in [0.05, 0.1) is 0 Å². The van der Waals surface area contributed by atoms with Crippen molar-refractivity contribution in [2.45, 2.75) is 50.4 Å². The van der Waals surface area contributed by atoms with E-state index in [2.05, 4.69) is 9.97 Å². The summed E-state index contributed by atoms with van der Waals surface area (Å²) in [5, 5.41) is 0. The van der Waals surface area contributed by atoms with Gasteiger partial charge in [0.1, 0.15) is 5.82 Å². The predicted octanol–water partition coefficient (Wildman–Crippen LogP) is 1.87. The first kappa shape index (κ1) is 15.5. The molecule has 0 amide bonds. The van der Waals surface area contributed by atoms with E-state index in [1.807, 2.05) is 12.4 Å². The van der Waals surface area contributed by atoms with E-state index in [9.17, 15) is 8.42 Å². The molecule has 2 aliphatic heterocycles. The average Bonchev–Trinajstić information content (AvgIpc) is 3.33. The zero-order valence-corrected chi connectivity index (χ0v) is 14.2. The summed E-state index contributed by atoms with van der Waals surface area (Å²) in [6.45, 7) is 2.36. The van der Waals surface area contributed by atoms with Gasteiger partial charge in [0.2, 0.25) is 0 Å². The highest BCUT2D eigenvalue weighted by atomic mass is 32.2. The van der Waals surface area contributed by atoms with Crippen molar-refractivity contribution in [1.82, 2.24) is 18.6 Å². The quantitative estimate of drug-likeness (QED) is 0.842. The van der Waals surface area contributed by atoms with Crippen LogP contribution < -0.4 is 0 Å². The van der Waals surface area contributed by atoms with E-state index in [-0.39, 0.29) is 5.92 Å². The van der Waals surface area contributed by atoms with Crippen LogP contribution in [0.15, 0.2) is 12.4 Å². The standard InChI is InChI=1S/C16H24N4O2S/c21-23(22,19-7-3-1-2-4-8-19)20-11-15(12-20)16-17-9-14(10-18-16)13-5-6-13/h9-10,13,15H,1-8,11-12H2. The van der Waals surface area contributed by atoms with Crippen LogP contribution in [0, 0.1) is 0 Å². The van der Waals surface area contributed by atoms with Crippen LogP contribution in [0.3, 0.4) is 0 Å². The molecule has 1 saturated carbocycles. The highest BCUT2D eigenvalue weighted by Crippen LogP contribution is 2.39. The third kappa shape index (κ3) is 3.14. The van der Waals surface area contributed by atoms with E-state index >= 15 is 0 Å². The van der Waals surface area contributed by atoms with E-state index in [0.29, 0.717) is 32.1 Å². The Bertz CT molecular complexity index is 643. The second-order valence-corrected chi connectivity index (χ2v) is 8.91. The molecular weight excluding hydrogens is 312 g/mol. The molecule has 4 rings (SSSR count). The van der Waals surface area contributed by atoms with Crippen LogP contribution >= 0.6 is 0 Å². The average molecular weight is 336 g/mol. The Morgan fingerprint density at radius 1 is 0.870 bits per heavy atom. The molecule has 1 aromatic heterocycles. The van der Waals surface area contributed by atoms with Gasteiger partial charge in [-0.3, -0.25) is 0 Å². The van der Waals surface area contributed by atoms with Crippen LogP contribution in [0.25, 0.3) is 0 Å². The van der Waals surface area contributed by atoms with Gasteiger partial charge in [-0.25, -0.2) is 9.97 Å². The monoisotopic (exact) mass is 336 g/mol. The molecule has 0 aromatic carbocycles. The van der Waals surface area contributed by atoms with E-state index in [1.54, 1.807) is 8.61 Å². The highest BCUT2D eigenvalue weighted by Gasteiger charge is 2.41. The highest BCUT2D eigenvalue weighted by molar-refractivity contribution is 7.86. The SMILES string of the molecule is O=S(=O)(N1CCCCCC1)N1CC(c2ncc(C3CC3)cn2)C1. The molecule has 0 atom stereocenters. The molecule has 1 aromatic rings. The first-order chi connectivity index (χ1) is 11.1. The number of hydrogen-bond acceptors (Lipinski definition) is 4. The molecule has 2 saturated heterocycles. The first-order valence-corrected chi connectivity index (χ1v) is 10.1. The Morgan fingerprint density at radius 3 is 2.04 bits per heavy atom. The molecule has 0 N–H and O–H groups in total. The number of nitrogens with zero attached hydrogens (tertiary/aromatic N) is 4. The Kier molecular flexibility index (Phi) is 4.11. The van der Waals surface area contributed by atoms with Gasteiger partial charge in [-0.15, -0.1) is 0 Å². The summed E-state index contributed by atoms with van der Waals surface area (Å²) >= 11 is 0. The number of rotatable bonds is 4. The minimum Gasteiger partial charge on any atom is -0.241 e. The summed E-state index contributed by atoms with van der Waals surface area (Å²) in [4.78, 5) is 8.92. The molecule has 0 spiro atoms. The van der Waals surface area contributed by atoms with Crippen molar-refractivity contribution in [3.63, 3.8) is 0 Å². The lowest BCUT2D eigenvalue weighted by atomic mass is 10.0. The molecule has 6 nitrogen and oxygen atoms in total. The topological polar surface area (TPSA) is 66.4 Å². The summed E-state index contributed by atoms with van der Waals surface area (Å²) < 4.78 is 28.6. The van der Waals surface area contributed by atoms with Gasteiger partial charge in [-0.1, -0.05) is 12.8 Å². The molecule has 7 heteroatoms. The Hall–Kier alpha value is -1.05. The van der Waals surface area contributed by atoms with Crippen molar-refractivity contribution in [2.75, 3.05) is 26.2 Å². The van der Waals surface area contributed by atoms with Crippen molar-refractivity contribution >= 4 is 10.2 Å². The first-order valence-electron chi connectivity index (χ1n) is 8.71. The van der Waals surface area contributed by atoms with Gasteiger partial charge in [0.25, 0.3) is 10.2 Å². The van der Waals surface area contributed by atoms with Gasteiger partial charge in [0.15, 0.2) is 0 Å². The molecule has 3 fully saturated rings. The molecule has 0 radical (unpaired) electrons. The van der Waals surface area contributed by atoms with Crippen LogP contribution in [0.2, 0.25) is 0 Å². The predicted molar refractivity (Wildman–Crippen MR) is 87.3 cm³/mol. The Balaban J connectivity index is 1.37. The zero-order chi connectivity index (χ0) is 15.9. The van der Waals surface area contributed by atoms with E-state index in [0.717, 1.165) is 31.5 Å². The lowest BCUT2D eigenvalue weighted by Crippen LogP contribution is -2.54. The minimum atomic E-state index is -3.29. The maximum absolute atomic E-state index is 12.7. The van der Waals surface area contributed by atoms with Crippen molar-refractivity contribution in [1.29, 1.82) is 0 Å². The zero-order valence-electron chi connectivity index (χ0n) is 13.4. The second kappa shape index (κ2) is 6.11. The summed E-state index contributed by atoms with van der Waals surface area (Å²) in [5.74, 6) is 1.59. The third-order valence-corrected chi connectivity index (χ3v) is 7.14. The van der Waals surface area contributed by atoms with Crippen molar-refractivity contribution in [2.24, 2.45) is 0 Å².